The fraction of sp³-hybridized carbons (Fsp3) is 0.692. The van der Waals surface area contributed by atoms with Gasteiger partial charge >= 0.3 is 0 Å². The molecule has 1 aliphatic heterocycles. The number of halogens is 1. The molecule has 2 fully saturated rings. The summed E-state index contributed by atoms with van der Waals surface area (Å²) in [4.78, 5) is 3.28. The molecule has 0 radical (unpaired) electrons. The maximum absolute atomic E-state index is 12.7. The topological polar surface area (TPSA) is 53.2 Å². The number of hydrogen-bond donors (Lipinski definition) is 1. The standard InChI is InChI=1S/C13H19ClN2O2S/c14-8-11-7-12(9-15-11)19(17,18)16-6-2-4-10-3-1-5-13(10)16/h7,9-10,13,15H,1-6,8H2. The highest BCUT2D eigenvalue weighted by Gasteiger charge is 2.41. The molecule has 1 N–H and O–H groups in total. The number of fused-ring (bicyclic) bond motifs is 1. The molecule has 1 saturated carbocycles. The first kappa shape index (κ1) is 13.5. The molecule has 0 spiro atoms. The van der Waals surface area contributed by atoms with Gasteiger partial charge in [-0.05, 0) is 37.7 Å². The first-order valence-electron chi connectivity index (χ1n) is 6.88. The maximum atomic E-state index is 12.7. The minimum Gasteiger partial charge on any atom is -0.363 e. The van der Waals surface area contributed by atoms with Crippen molar-refractivity contribution in [2.24, 2.45) is 5.92 Å². The number of piperidine rings is 1. The molecule has 1 aromatic rings. The third kappa shape index (κ3) is 2.32. The van der Waals surface area contributed by atoms with Crippen LogP contribution in [0.2, 0.25) is 0 Å². The van der Waals surface area contributed by atoms with Crippen LogP contribution in [0.5, 0.6) is 0 Å². The Kier molecular flexibility index (Phi) is 3.62. The van der Waals surface area contributed by atoms with E-state index >= 15 is 0 Å². The van der Waals surface area contributed by atoms with Crippen LogP contribution in [0.25, 0.3) is 0 Å². The van der Waals surface area contributed by atoms with Gasteiger partial charge in [-0.25, -0.2) is 8.42 Å². The summed E-state index contributed by atoms with van der Waals surface area (Å²) in [6.07, 6.45) is 7.06. The van der Waals surface area contributed by atoms with Gasteiger partial charge in [-0.3, -0.25) is 0 Å². The van der Waals surface area contributed by atoms with Gasteiger partial charge in [-0.1, -0.05) is 6.42 Å². The van der Waals surface area contributed by atoms with E-state index in [9.17, 15) is 8.42 Å². The van der Waals surface area contributed by atoms with Crippen LogP contribution in [0, 0.1) is 5.92 Å². The highest BCUT2D eigenvalue weighted by molar-refractivity contribution is 7.89. The van der Waals surface area contributed by atoms with Crippen molar-refractivity contribution in [3.8, 4) is 0 Å². The Morgan fingerprint density at radius 1 is 1.32 bits per heavy atom. The SMILES string of the molecule is O=S(=O)(c1c[nH]c(CCl)c1)N1CCCC2CCCC21. The van der Waals surface area contributed by atoms with Crippen molar-refractivity contribution in [2.75, 3.05) is 6.54 Å². The van der Waals surface area contributed by atoms with Gasteiger partial charge in [0.15, 0.2) is 0 Å². The number of aromatic amines is 1. The van der Waals surface area contributed by atoms with Crippen LogP contribution in [-0.4, -0.2) is 30.3 Å². The summed E-state index contributed by atoms with van der Waals surface area (Å²) in [5.74, 6) is 0.872. The second kappa shape index (κ2) is 5.11. The van der Waals surface area contributed by atoms with Gasteiger partial charge in [0, 0.05) is 24.5 Å². The van der Waals surface area contributed by atoms with Crippen molar-refractivity contribution >= 4 is 21.6 Å². The summed E-state index contributed by atoms with van der Waals surface area (Å²) >= 11 is 5.73. The molecule has 2 aliphatic rings. The summed E-state index contributed by atoms with van der Waals surface area (Å²) in [7, 11) is -3.36. The van der Waals surface area contributed by atoms with Gasteiger partial charge in [-0.2, -0.15) is 4.31 Å². The van der Waals surface area contributed by atoms with E-state index in [0.29, 0.717) is 23.2 Å². The third-order valence-corrected chi connectivity index (χ3v) is 6.60. The van der Waals surface area contributed by atoms with E-state index in [2.05, 4.69) is 4.98 Å². The fourth-order valence-electron chi connectivity index (χ4n) is 3.49. The number of rotatable bonds is 3. The van der Waals surface area contributed by atoms with E-state index in [1.807, 2.05) is 0 Å². The molecular weight excluding hydrogens is 284 g/mol. The highest BCUT2D eigenvalue weighted by Crippen LogP contribution is 2.39. The summed E-state index contributed by atoms with van der Waals surface area (Å²) < 4.78 is 27.2. The molecule has 1 aliphatic carbocycles. The Morgan fingerprint density at radius 2 is 2.11 bits per heavy atom. The van der Waals surface area contributed by atoms with Gasteiger partial charge in [0.25, 0.3) is 0 Å². The van der Waals surface area contributed by atoms with E-state index < -0.39 is 10.0 Å². The summed E-state index contributed by atoms with van der Waals surface area (Å²) in [6, 6.07) is 1.87. The van der Waals surface area contributed by atoms with Gasteiger partial charge in [0.05, 0.1) is 10.8 Å². The van der Waals surface area contributed by atoms with Crippen LogP contribution in [-0.2, 0) is 15.9 Å². The quantitative estimate of drug-likeness (QED) is 0.873. The zero-order chi connectivity index (χ0) is 13.5. The summed E-state index contributed by atoms with van der Waals surface area (Å²) in [6.45, 7) is 0.658. The van der Waals surface area contributed by atoms with E-state index in [1.54, 1.807) is 16.6 Å². The molecular formula is C13H19ClN2O2S. The smallest absolute Gasteiger partial charge is 0.244 e. The number of aromatic nitrogens is 1. The molecule has 0 aromatic carbocycles. The Morgan fingerprint density at radius 3 is 2.84 bits per heavy atom. The molecule has 0 amide bonds. The lowest BCUT2D eigenvalue weighted by atomic mass is 9.94. The molecule has 19 heavy (non-hydrogen) atoms. The van der Waals surface area contributed by atoms with Crippen molar-refractivity contribution < 1.29 is 8.42 Å². The minimum atomic E-state index is -3.36. The summed E-state index contributed by atoms with van der Waals surface area (Å²) in [5, 5.41) is 0. The fourth-order valence-corrected chi connectivity index (χ4v) is 5.41. The monoisotopic (exact) mass is 302 g/mol. The highest BCUT2D eigenvalue weighted by atomic mass is 35.5. The Labute approximate surface area is 119 Å². The van der Waals surface area contributed by atoms with E-state index in [0.717, 1.165) is 25.0 Å². The molecule has 6 heteroatoms. The van der Waals surface area contributed by atoms with E-state index in [-0.39, 0.29) is 6.04 Å². The first-order valence-corrected chi connectivity index (χ1v) is 8.85. The lowest BCUT2D eigenvalue weighted by Crippen LogP contribution is -2.45. The normalized spacial score (nSPS) is 28.5. The summed E-state index contributed by atoms with van der Waals surface area (Å²) in [5.41, 5.74) is 0.750. The molecule has 2 heterocycles. The van der Waals surface area contributed by atoms with Crippen LogP contribution in [0.15, 0.2) is 17.2 Å². The zero-order valence-electron chi connectivity index (χ0n) is 10.8. The lowest BCUT2D eigenvalue weighted by Gasteiger charge is -2.36. The molecule has 1 aromatic heterocycles. The predicted molar refractivity (Wildman–Crippen MR) is 74.6 cm³/mol. The van der Waals surface area contributed by atoms with Crippen LogP contribution >= 0.6 is 11.6 Å². The average Bonchev–Trinajstić information content (AvgIpc) is 3.06. The van der Waals surface area contributed by atoms with E-state index in [4.69, 9.17) is 11.6 Å². The molecule has 1 saturated heterocycles. The third-order valence-electron chi connectivity index (χ3n) is 4.41. The van der Waals surface area contributed by atoms with Crippen molar-refractivity contribution in [3.63, 3.8) is 0 Å². The molecule has 4 nitrogen and oxygen atoms in total. The van der Waals surface area contributed by atoms with Gasteiger partial charge < -0.3 is 4.98 Å². The lowest BCUT2D eigenvalue weighted by molar-refractivity contribution is 0.202. The van der Waals surface area contributed by atoms with Gasteiger partial charge in [0.2, 0.25) is 10.0 Å². The van der Waals surface area contributed by atoms with Crippen molar-refractivity contribution in [1.82, 2.24) is 9.29 Å². The van der Waals surface area contributed by atoms with Crippen LogP contribution in [0.3, 0.4) is 0 Å². The molecule has 2 atom stereocenters. The van der Waals surface area contributed by atoms with Gasteiger partial charge in [-0.15, -0.1) is 11.6 Å². The number of nitrogens with zero attached hydrogens (tertiary/aromatic N) is 1. The van der Waals surface area contributed by atoms with Crippen molar-refractivity contribution in [2.45, 2.75) is 48.9 Å². The van der Waals surface area contributed by atoms with Crippen LogP contribution < -0.4 is 0 Å². The number of H-pyrrole nitrogens is 1. The van der Waals surface area contributed by atoms with Crippen LogP contribution in [0.4, 0.5) is 0 Å². The Balaban J connectivity index is 1.90. The number of hydrogen-bond acceptors (Lipinski definition) is 2. The predicted octanol–water partition coefficient (Wildman–Crippen LogP) is 2.71. The van der Waals surface area contributed by atoms with Crippen molar-refractivity contribution in [3.05, 3.63) is 18.0 Å². The molecule has 3 rings (SSSR count). The molecule has 0 bridgehead atoms. The second-order valence-corrected chi connectivity index (χ2v) is 7.67. The van der Waals surface area contributed by atoms with Crippen LogP contribution in [0.1, 0.15) is 37.8 Å². The maximum Gasteiger partial charge on any atom is 0.244 e. The largest absolute Gasteiger partial charge is 0.363 e. The number of nitrogens with one attached hydrogen (secondary N) is 1. The minimum absolute atomic E-state index is 0.216. The average molecular weight is 303 g/mol. The number of sulfonamides is 1. The van der Waals surface area contributed by atoms with E-state index in [1.165, 1.54) is 12.8 Å². The zero-order valence-corrected chi connectivity index (χ0v) is 12.4. The first-order chi connectivity index (χ1) is 9.13. The Hall–Kier alpha value is -0.520. The number of alkyl halides is 1. The second-order valence-electron chi connectivity index (χ2n) is 5.51. The molecule has 106 valence electrons. The Bertz CT molecular complexity index is 555. The van der Waals surface area contributed by atoms with Crippen molar-refractivity contribution in [1.29, 1.82) is 0 Å². The molecule has 2 unspecified atom stereocenters. The van der Waals surface area contributed by atoms with Gasteiger partial charge in [0.1, 0.15) is 0 Å².